The van der Waals surface area contributed by atoms with Crippen molar-refractivity contribution in [3.05, 3.63) is 90.0 Å². The summed E-state index contributed by atoms with van der Waals surface area (Å²) >= 11 is 0. The largest absolute Gasteiger partial charge is 0.490 e. The third-order valence-corrected chi connectivity index (χ3v) is 3.69. The SMILES string of the molecule is O=Cc1cccc(OCCOc2ccc(OCc3ccccc3)cc2)c1. The molecule has 0 N–H and O–H groups in total. The first-order valence-corrected chi connectivity index (χ1v) is 8.41. The average molecular weight is 348 g/mol. The zero-order chi connectivity index (χ0) is 18.0. The summed E-state index contributed by atoms with van der Waals surface area (Å²) in [5.41, 5.74) is 1.72. The predicted molar refractivity (Wildman–Crippen MR) is 100 cm³/mol. The maximum absolute atomic E-state index is 10.7. The number of carbonyl (C=O) groups is 1. The van der Waals surface area contributed by atoms with Crippen LogP contribution in [0.3, 0.4) is 0 Å². The van der Waals surface area contributed by atoms with E-state index in [0.717, 1.165) is 23.3 Å². The van der Waals surface area contributed by atoms with Gasteiger partial charge in [0.15, 0.2) is 0 Å². The van der Waals surface area contributed by atoms with Gasteiger partial charge < -0.3 is 14.2 Å². The van der Waals surface area contributed by atoms with E-state index in [9.17, 15) is 4.79 Å². The van der Waals surface area contributed by atoms with E-state index in [-0.39, 0.29) is 0 Å². The monoisotopic (exact) mass is 348 g/mol. The van der Waals surface area contributed by atoms with Crippen LogP contribution in [0.2, 0.25) is 0 Å². The fraction of sp³-hybridized carbons (Fsp3) is 0.136. The Morgan fingerprint density at radius 2 is 1.31 bits per heavy atom. The van der Waals surface area contributed by atoms with E-state index in [0.29, 0.717) is 31.1 Å². The molecule has 0 heterocycles. The first-order valence-electron chi connectivity index (χ1n) is 8.41. The average Bonchev–Trinajstić information content (AvgIpc) is 2.71. The molecule has 0 bridgehead atoms. The third kappa shape index (κ3) is 5.38. The van der Waals surface area contributed by atoms with E-state index < -0.39 is 0 Å². The van der Waals surface area contributed by atoms with E-state index >= 15 is 0 Å². The first-order chi connectivity index (χ1) is 12.8. The standard InChI is InChI=1S/C22H20O4/c23-16-19-7-4-8-22(15-19)25-14-13-24-20-9-11-21(12-10-20)26-17-18-5-2-1-3-6-18/h1-12,15-16H,13-14,17H2. The Morgan fingerprint density at radius 3 is 2.00 bits per heavy atom. The molecule has 0 amide bonds. The second kappa shape index (κ2) is 9.28. The van der Waals surface area contributed by atoms with Gasteiger partial charge in [0.2, 0.25) is 0 Å². The van der Waals surface area contributed by atoms with Crippen molar-refractivity contribution in [3.63, 3.8) is 0 Å². The maximum Gasteiger partial charge on any atom is 0.150 e. The van der Waals surface area contributed by atoms with Gasteiger partial charge in [0.25, 0.3) is 0 Å². The molecule has 0 saturated carbocycles. The molecule has 0 saturated heterocycles. The quantitative estimate of drug-likeness (QED) is 0.421. The molecule has 0 aliphatic heterocycles. The summed E-state index contributed by atoms with van der Waals surface area (Å²) < 4.78 is 17.0. The molecule has 3 aromatic carbocycles. The number of aldehydes is 1. The van der Waals surface area contributed by atoms with Crippen molar-refractivity contribution in [1.82, 2.24) is 0 Å². The maximum atomic E-state index is 10.7. The first kappa shape index (κ1) is 17.5. The van der Waals surface area contributed by atoms with Gasteiger partial charge in [-0.2, -0.15) is 0 Å². The van der Waals surface area contributed by atoms with Gasteiger partial charge in [-0.25, -0.2) is 0 Å². The van der Waals surface area contributed by atoms with Crippen LogP contribution in [0.25, 0.3) is 0 Å². The highest BCUT2D eigenvalue weighted by atomic mass is 16.5. The lowest BCUT2D eigenvalue weighted by Crippen LogP contribution is -2.09. The van der Waals surface area contributed by atoms with Crippen molar-refractivity contribution < 1.29 is 19.0 Å². The number of rotatable bonds is 9. The van der Waals surface area contributed by atoms with Gasteiger partial charge >= 0.3 is 0 Å². The van der Waals surface area contributed by atoms with Gasteiger partial charge in [0.1, 0.15) is 43.4 Å². The fourth-order valence-electron chi connectivity index (χ4n) is 2.37. The van der Waals surface area contributed by atoms with E-state index in [1.807, 2.05) is 60.7 Å². The molecule has 3 rings (SSSR count). The van der Waals surface area contributed by atoms with E-state index in [4.69, 9.17) is 14.2 Å². The lowest BCUT2D eigenvalue weighted by atomic mass is 10.2. The zero-order valence-electron chi connectivity index (χ0n) is 14.3. The molecule has 4 heteroatoms. The molecule has 0 fully saturated rings. The molecule has 0 spiro atoms. The molecule has 0 aliphatic carbocycles. The number of ether oxygens (including phenoxy) is 3. The summed E-state index contributed by atoms with van der Waals surface area (Å²) in [5.74, 6) is 2.20. The highest BCUT2D eigenvalue weighted by Crippen LogP contribution is 2.19. The summed E-state index contributed by atoms with van der Waals surface area (Å²) in [6.45, 7) is 1.35. The Labute approximate surface area is 153 Å². The van der Waals surface area contributed by atoms with Gasteiger partial charge in [0.05, 0.1) is 0 Å². The second-order valence-corrected chi connectivity index (χ2v) is 5.63. The highest BCUT2D eigenvalue weighted by Gasteiger charge is 1.99. The van der Waals surface area contributed by atoms with Crippen LogP contribution in [0.1, 0.15) is 15.9 Å². The summed E-state index contributed by atoms with van der Waals surface area (Å²) in [7, 11) is 0. The molecular weight excluding hydrogens is 328 g/mol. The summed E-state index contributed by atoms with van der Waals surface area (Å²) in [5, 5.41) is 0. The molecule has 4 nitrogen and oxygen atoms in total. The molecule has 0 atom stereocenters. The normalized spacial score (nSPS) is 10.2. The summed E-state index contributed by atoms with van der Waals surface area (Å²) in [6, 6.07) is 24.6. The summed E-state index contributed by atoms with van der Waals surface area (Å²) in [4.78, 5) is 10.7. The smallest absolute Gasteiger partial charge is 0.150 e. The van der Waals surface area contributed by atoms with Crippen LogP contribution in [0.15, 0.2) is 78.9 Å². The van der Waals surface area contributed by atoms with Crippen molar-refractivity contribution in [3.8, 4) is 17.2 Å². The fourth-order valence-corrected chi connectivity index (χ4v) is 2.37. The molecule has 0 unspecified atom stereocenters. The van der Waals surface area contributed by atoms with E-state index in [2.05, 4.69) is 0 Å². The van der Waals surface area contributed by atoms with Crippen molar-refractivity contribution in [2.75, 3.05) is 13.2 Å². The van der Waals surface area contributed by atoms with Crippen LogP contribution in [-0.4, -0.2) is 19.5 Å². The predicted octanol–water partition coefficient (Wildman–Crippen LogP) is 4.54. The number of carbonyl (C=O) groups excluding carboxylic acids is 1. The van der Waals surface area contributed by atoms with Crippen LogP contribution in [0, 0.1) is 0 Å². The Hall–Kier alpha value is -3.27. The van der Waals surface area contributed by atoms with Crippen molar-refractivity contribution >= 4 is 6.29 Å². The lowest BCUT2D eigenvalue weighted by Gasteiger charge is -2.10. The lowest BCUT2D eigenvalue weighted by molar-refractivity contribution is 0.112. The minimum absolute atomic E-state index is 0.397. The Morgan fingerprint density at radius 1 is 0.654 bits per heavy atom. The van der Waals surface area contributed by atoms with Gasteiger partial charge in [-0.3, -0.25) is 4.79 Å². The molecule has 132 valence electrons. The Balaban J connectivity index is 1.40. The van der Waals surface area contributed by atoms with Gasteiger partial charge in [-0.05, 0) is 42.0 Å². The number of benzene rings is 3. The van der Waals surface area contributed by atoms with Crippen LogP contribution >= 0.6 is 0 Å². The van der Waals surface area contributed by atoms with Crippen LogP contribution < -0.4 is 14.2 Å². The van der Waals surface area contributed by atoms with Crippen molar-refractivity contribution in [2.24, 2.45) is 0 Å². The summed E-state index contributed by atoms with van der Waals surface area (Å²) in [6.07, 6.45) is 0.796. The van der Waals surface area contributed by atoms with Crippen LogP contribution in [-0.2, 0) is 6.61 Å². The molecule has 0 aromatic heterocycles. The van der Waals surface area contributed by atoms with Crippen molar-refractivity contribution in [1.29, 1.82) is 0 Å². The minimum atomic E-state index is 0.397. The Kier molecular flexibility index (Phi) is 6.26. The molecule has 26 heavy (non-hydrogen) atoms. The second-order valence-electron chi connectivity index (χ2n) is 5.63. The third-order valence-electron chi connectivity index (χ3n) is 3.69. The van der Waals surface area contributed by atoms with Gasteiger partial charge in [-0.1, -0.05) is 42.5 Å². The highest BCUT2D eigenvalue weighted by molar-refractivity contribution is 5.75. The number of hydrogen-bond acceptors (Lipinski definition) is 4. The van der Waals surface area contributed by atoms with Gasteiger partial charge in [-0.15, -0.1) is 0 Å². The molecular formula is C22H20O4. The van der Waals surface area contributed by atoms with E-state index in [1.165, 1.54) is 0 Å². The molecule has 3 aromatic rings. The van der Waals surface area contributed by atoms with E-state index in [1.54, 1.807) is 18.2 Å². The molecule has 0 aliphatic rings. The Bertz CT molecular complexity index is 813. The number of hydrogen-bond donors (Lipinski definition) is 0. The minimum Gasteiger partial charge on any atom is -0.490 e. The van der Waals surface area contributed by atoms with Gasteiger partial charge in [0, 0.05) is 5.56 Å². The van der Waals surface area contributed by atoms with Crippen LogP contribution in [0.4, 0.5) is 0 Å². The van der Waals surface area contributed by atoms with Crippen molar-refractivity contribution in [2.45, 2.75) is 6.61 Å². The van der Waals surface area contributed by atoms with Crippen LogP contribution in [0.5, 0.6) is 17.2 Å². The molecule has 0 radical (unpaired) electrons. The topological polar surface area (TPSA) is 44.8 Å². The zero-order valence-corrected chi connectivity index (χ0v) is 14.3.